The van der Waals surface area contributed by atoms with Gasteiger partial charge in [-0.2, -0.15) is 5.26 Å². The molecule has 0 saturated heterocycles. The molecule has 3 aromatic rings. The molecule has 2 heterocycles. The number of nitrogens with one attached hydrogen (secondary N) is 1. The second-order valence-corrected chi connectivity index (χ2v) is 5.35. The summed E-state index contributed by atoms with van der Waals surface area (Å²) in [6.07, 6.45) is 3.73. The van der Waals surface area contributed by atoms with E-state index < -0.39 is 0 Å². The Balaban J connectivity index is 1.77. The molecule has 21 heavy (non-hydrogen) atoms. The molecule has 104 valence electrons. The van der Waals surface area contributed by atoms with Crippen LogP contribution in [0.2, 0.25) is 10.0 Å². The Labute approximate surface area is 131 Å². The fraction of sp³-hybridized carbons (Fsp3) is 0.0667. The van der Waals surface area contributed by atoms with Crippen molar-refractivity contribution < 1.29 is 0 Å². The minimum Gasteiger partial charge on any atom is -0.379 e. The van der Waals surface area contributed by atoms with Crippen LogP contribution in [0.3, 0.4) is 0 Å². The summed E-state index contributed by atoms with van der Waals surface area (Å²) in [5.41, 5.74) is 3.03. The molecule has 0 saturated carbocycles. The summed E-state index contributed by atoms with van der Waals surface area (Å²) in [7, 11) is 0. The maximum absolute atomic E-state index is 8.84. The third-order valence-electron chi connectivity index (χ3n) is 3.03. The van der Waals surface area contributed by atoms with E-state index in [4.69, 9.17) is 28.5 Å². The average Bonchev–Trinajstić information content (AvgIpc) is 2.87. The Morgan fingerprint density at radius 1 is 1.19 bits per heavy atom. The average molecular weight is 317 g/mol. The number of hydrogen-bond acceptors (Lipinski definition) is 3. The first kappa shape index (κ1) is 13.7. The molecular formula is C15H10Cl2N4. The molecule has 0 spiro atoms. The summed E-state index contributed by atoms with van der Waals surface area (Å²) in [5, 5.41) is 13.2. The fourth-order valence-electron chi connectivity index (χ4n) is 2.01. The largest absolute Gasteiger partial charge is 0.379 e. The van der Waals surface area contributed by atoms with Gasteiger partial charge < -0.3 is 9.72 Å². The van der Waals surface area contributed by atoms with Gasteiger partial charge >= 0.3 is 0 Å². The van der Waals surface area contributed by atoms with Gasteiger partial charge in [-0.05, 0) is 30.3 Å². The number of rotatable bonds is 3. The van der Waals surface area contributed by atoms with Gasteiger partial charge in [-0.1, -0.05) is 23.2 Å². The molecular weight excluding hydrogens is 307 g/mol. The number of nitrogens with zero attached hydrogens (tertiary/aromatic N) is 3. The van der Waals surface area contributed by atoms with Crippen molar-refractivity contribution in [3.63, 3.8) is 0 Å². The van der Waals surface area contributed by atoms with E-state index >= 15 is 0 Å². The number of aromatic nitrogens is 2. The van der Waals surface area contributed by atoms with Crippen molar-refractivity contribution in [3.05, 3.63) is 64.0 Å². The highest BCUT2D eigenvalue weighted by Gasteiger charge is 2.04. The normalized spacial score (nSPS) is 10.5. The van der Waals surface area contributed by atoms with Gasteiger partial charge in [0.25, 0.3) is 0 Å². The van der Waals surface area contributed by atoms with Gasteiger partial charge in [0.1, 0.15) is 11.7 Å². The van der Waals surface area contributed by atoms with Gasteiger partial charge in [0.15, 0.2) is 0 Å². The molecule has 0 aliphatic carbocycles. The van der Waals surface area contributed by atoms with Crippen LogP contribution in [0.15, 0.2) is 42.7 Å². The van der Waals surface area contributed by atoms with E-state index in [1.807, 2.05) is 41.1 Å². The zero-order chi connectivity index (χ0) is 14.8. The molecule has 0 aliphatic heterocycles. The Bertz CT molecular complexity index is 848. The van der Waals surface area contributed by atoms with E-state index in [2.05, 4.69) is 10.3 Å². The number of pyridine rings is 1. The predicted molar refractivity (Wildman–Crippen MR) is 83.7 cm³/mol. The van der Waals surface area contributed by atoms with Crippen molar-refractivity contribution in [1.29, 1.82) is 5.26 Å². The number of halogens is 2. The lowest BCUT2D eigenvalue weighted by atomic mass is 10.2. The highest BCUT2D eigenvalue weighted by Crippen LogP contribution is 2.20. The number of anilines is 1. The molecule has 1 N–H and O–H groups in total. The first-order chi connectivity index (χ1) is 10.2. The van der Waals surface area contributed by atoms with Crippen molar-refractivity contribution in [2.75, 3.05) is 5.32 Å². The highest BCUT2D eigenvalue weighted by molar-refractivity contribution is 6.32. The number of benzene rings is 1. The Morgan fingerprint density at radius 2 is 2.05 bits per heavy atom. The lowest BCUT2D eigenvalue weighted by molar-refractivity contribution is 1.08. The van der Waals surface area contributed by atoms with Gasteiger partial charge in [0, 0.05) is 18.1 Å². The van der Waals surface area contributed by atoms with Crippen LogP contribution in [0.25, 0.3) is 5.65 Å². The number of imidazole rings is 1. The first-order valence-corrected chi connectivity index (χ1v) is 6.98. The van der Waals surface area contributed by atoms with Crippen molar-refractivity contribution in [3.8, 4) is 6.07 Å². The van der Waals surface area contributed by atoms with Crippen LogP contribution >= 0.6 is 23.2 Å². The summed E-state index contributed by atoms with van der Waals surface area (Å²) >= 11 is 11.9. The second kappa shape index (κ2) is 5.65. The van der Waals surface area contributed by atoms with Crippen LogP contribution in [0.4, 0.5) is 5.69 Å². The smallest absolute Gasteiger partial charge is 0.137 e. The van der Waals surface area contributed by atoms with Crippen molar-refractivity contribution >= 4 is 34.5 Å². The van der Waals surface area contributed by atoms with Crippen LogP contribution in [0.1, 0.15) is 11.3 Å². The third-order valence-corrected chi connectivity index (χ3v) is 3.56. The van der Waals surface area contributed by atoms with E-state index in [0.717, 1.165) is 17.0 Å². The summed E-state index contributed by atoms with van der Waals surface area (Å²) in [6.45, 7) is 0.557. The van der Waals surface area contributed by atoms with E-state index in [1.54, 1.807) is 12.1 Å². The van der Waals surface area contributed by atoms with E-state index in [0.29, 0.717) is 22.2 Å². The molecule has 2 aromatic heterocycles. The number of nitriles is 1. The number of hydrogen-bond donors (Lipinski definition) is 1. The van der Waals surface area contributed by atoms with Crippen LogP contribution in [-0.2, 0) is 6.54 Å². The zero-order valence-electron chi connectivity index (χ0n) is 10.8. The molecule has 0 aliphatic rings. The number of fused-ring (bicyclic) bond motifs is 1. The summed E-state index contributed by atoms with van der Waals surface area (Å²) in [5.74, 6) is 0. The molecule has 6 heteroatoms. The van der Waals surface area contributed by atoms with Gasteiger partial charge in [0.05, 0.1) is 27.8 Å². The topological polar surface area (TPSA) is 53.1 Å². The van der Waals surface area contributed by atoms with Crippen LogP contribution in [-0.4, -0.2) is 9.38 Å². The summed E-state index contributed by atoms with van der Waals surface area (Å²) < 4.78 is 1.88. The highest BCUT2D eigenvalue weighted by atomic mass is 35.5. The van der Waals surface area contributed by atoms with Crippen LogP contribution in [0.5, 0.6) is 0 Å². The van der Waals surface area contributed by atoms with Crippen molar-refractivity contribution in [2.24, 2.45) is 0 Å². The minimum absolute atomic E-state index is 0.435. The Morgan fingerprint density at radius 3 is 2.81 bits per heavy atom. The van der Waals surface area contributed by atoms with Gasteiger partial charge in [0.2, 0.25) is 0 Å². The lowest BCUT2D eigenvalue weighted by Crippen LogP contribution is -1.99. The van der Waals surface area contributed by atoms with E-state index in [1.165, 1.54) is 0 Å². The molecule has 0 amide bonds. The molecule has 4 nitrogen and oxygen atoms in total. The summed E-state index contributed by atoms with van der Waals surface area (Å²) in [6, 6.07) is 10.9. The minimum atomic E-state index is 0.435. The summed E-state index contributed by atoms with van der Waals surface area (Å²) in [4.78, 5) is 4.48. The van der Waals surface area contributed by atoms with Crippen LogP contribution in [0, 0.1) is 11.3 Å². The quantitative estimate of drug-likeness (QED) is 0.790. The standard InChI is InChI=1S/C15H10Cl2N4/c16-11-2-4-15-20-13(9-21(15)8-11)7-19-12-3-1-10(6-18)14(17)5-12/h1-5,8-9,19H,7H2. The maximum atomic E-state index is 8.84. The molecule has 0 fully saturated rings. The van der Waals surface area contributed by atoms with Crippen molar-refractivity contribution in [2.45, 2.75) is 6.54 Å². The van der Waals surface area contributed by atoms with Gasteiger partial charge in [-0.25, -0.2) is 4.98 Å². The first-order valence-electron chi connectivity index (χ1n) is 6.22. The SMILES string of the molecule is N#Cc1ccc(NCc2cn3cc(Cl)ccc3n2)cc1Cl. The molecule has 0 bridgehead atoms. The Hall–Kier alpha value is -2.22. The Kier molecular flexibility index (Phi) is 3.70. The zero-order valence-corrected chi connectivity index (χ0v) is 12.4. The van der Waals surface area contributed by atoms with Gasteiger partial charge in [-0.15, -0.1) is 0 Å². The molecule has 0 atom stereocenters. The van der Waals surface area contributed by atoms with E-state index in [-0.39, 0.29) is 0 Å². The second-order valence-electron chi connectivity index (χ2n) is 4.51. The molecule has 1 aromatic carbocycles. The van der Waals surface area contributed by atoms with E-state index in [9.17, 15) is 0 Å². The maximum Gasteiger partial charge on any atom is 0.137 e. The molecule has 0 unspecified atom stereocenters. The predicted octanol–water partition coefficient (Wildman–Crippen LogP) is 4.12. The molecule has 0 radical (unpaired) electrons. The van der Waals surface area contributed by atoms with Crippen LogP contribution < -0.4 is 5.32 Å². The fourth-order valence-corrected chi connectivity index (χ4v) is 2.40. The van der Waals surface area contributed by atoms with Crippen molar-refractivity contribution in [1.82, 2.24) is 9.38 Å². The monoisotopic (exact) mass is 316 g/mol. The lowest BCUT2D eigenvalue weighted by Gasteiger charge is -2.05. The third kappa shape index (κ3) is 2.94. The molecule has 3 rings (SSSR count). The van der Waals surface area contributed by atoms with Gasteiger partial charge in [-0.3, -0.25) is 0 Å².